The van der Waals surface area contributed by atoms with Crippen molar-refractivity contribution in [2.24, 2.45) is 11.7 Å². The van der Waals surface area contributed by atoms with Crippen LogP contribution in [0.2, 0.25) is 0 Å². The molecule has 2 N–H and O–H groups in total. The largest absolute Gasteiger partial charge is 0.369 e. The fraction of sp³-hybridized carbons (Fsp3) is 0.684. The minimum absolute atomic E-state index is 0.287. The van der Waals surface area contributed by atoms with Gasteiger partial charge in [-0.05, 0) is 68.2 Å². The molecular formula is C19H32N2. The number of rotatable bonds is 8. The van der Waals surface area contributed by atoms with Crippen molar-refractivity contribution in [3.63, 3.8) is 0 Å². The summed E-state index contributed by atoms with van der Waals surface area (Å²) in [5.74, 6) is 0.772. The first-order chi connectivity index (χ1) is 10.0. The first kappa shape index (κ1) is 16.4. The minimum atomic E-state index is 0.287. The van der Waals surface area contributed by atoms with Gasteiger partial charge in [-0.1, -0.05) is 26.8 Å². The second-order valence-corrected chi connectivity index (χ2v) is 7.09. The quantitative estimate of drug-likeness (QED) is 0.773. The minimum Gasteiger partial charge on any atom is -0.369 e. The molecule has 0 radical (unpaired) electrons. The molecule has 1 unspecified atom stereocenters. The summed E-state index contributed by atoms with van der Waals surface area (Å²) in [6, 6.07) is 8.05. The molecule has 0 aromatic heterocycles. The van der Waals surface area contributed by atoms with Crippen LogP contribution in [-0.4, -0.2) is 18.6 Å². The fourth-order valence-corrected chi connectivity index (χ4v) is 2.82. The maximum atomic E-state index is 6.10. The lowest BCUT2D eigenvalue weighted by atomic mass is 9.99. The Hall–Kier alpha value is -1.02. The average Bonchev–Trinajstić information content (AvgIpc) is 3.26. The van der Waals surface area contributed by atoms with Gasteiger partial charge >= 0.3 is 0 Å². The molecule has 2 heteroatoms. The van der Waals surface area contributed by atoms with E-state index in [0.29, 0.717) is 0 Å². The van der Waals surface area contributed by atoms with Crippen molar-refractivity contribution in [1.82, 2.24) is 0 Å². The third-order valence-corrected chi connectivity index (χ3v) is 4.60. The van der Waals surface area contributed by atoms with E-state index in [9.17, 15) is 0 Å². The first-order valence-corrected chi connectivity index (χ1v) is 8.63. The van der Waals surface area contributed by atoms with Crippen molar-refractivity contribution in [1.29, 1.82) is 0 Å². The molecule has 1 aromatic carbocycles. The highest BCUT2D eigenvalue weighted by Crippen LogP contribution is 2.33. The van der Waals surface area contributed by atoms with Gasteiger partial charge in [-0.15, -0.1) is 0 Å². The smallest absolute Gasteiger partial charge is 0.0371 e. The van der Waals surface area contributed by atoms with Crippen molar-refractivity contribution in [2.45, 2.75) is 71.9 Å². The molecule has 0 aliphatic heterocycles. The summed E-state index contributed by atoms with van der Waals surface area (Å²) in [4.78, 5) is 2.62. The van der Waals surface area contributed by atoms with E-state index in [4.69, 9.17) is 5.73 Å². The number of nitrogens with zero attached hydrogens (tertiary/aromatic N) is 1. The fourth-order valence-electron chi connectivity index (χ4n) is 2.82. The zero-order valence-corrected chi connectivity index (χ0v) is 14.2. The predicted molar refractivity (Wildman–Crippen MR) is 93.0 cm³/mol. The van der Waals surface area contributed by atoms with E-state index < -0.39 is 0 Å². The van der Waals surface area contributed by atoms with Gasteiger partial charge in [0.2, 0.25) is 0 Å². The molecule has 0 bridgehead atoms. The molecule has 0 spiro atoms. The molecule has 1 fully saturated rings. The van der Waals surface area contributed by atoms with E-state index in [1.165, 1.54) is 42.6 Å². The van der Waals surface area contributed by atoms with E-state index in [0.717, 1.165) is 24.8 Å². The van der Waals surface area contributed by atoms with E-state index in [1.807, 2.05) is 0 Å². The van der Waals surface area contributed by atoms with E-state index in [1.54, 1.807) is 0 Å². The maximum Gasteiger partial charge on any atom is 0.0371 e. The normalized spacial score (nSPS) is 16.3. The van der Waals surface area contributed by atoms with Gasteiger partial charge in [0.15, 0.2) is 0 Å². The predicted octanol–water partition coefficient (Wildman–Crippen LogP) is 4.29. The van der Waals surface area contributed by atoms with Crippen LogP contribution in [0.1, 0.15) is 57.6 Å². The number of benzene rings is 1. The Labute approximate surface area is 130 Å². The summed E-state index contributed by atoms with van der Waals surface area (Å²) in [7, 11) is 0. The van der Waals surface area contributed by atoms with Crippen LogP contribution in [0.3, 0.4) is 0 Å². The van der Waals surface area contributed by atoms with Gasteiger partial charge in [0, 0.05) is 24.3 Å². The second kappa shape index (κ2) is 7.31. The Balaban J connectivity index is 2.09. The molecule has 1 aliphatic rings. The maximum absolute atomic E-state index is 6.10. The molecule has 1 atom stereocenters. The van der Waals surface area contributed by atoms with Crippen molar-refractivity contribution >= 4 is 5.69 Å². The zero-order valence-electron chi connectivity index (χ0n) is 14.2. The van der Waals surface area contributed by atoms with Crippen LogP contribution in [0.5, 0.6) is 0 Å². The van der Waals surface area contributed by atoms with E-state index >= 15 is 0 Å². The van der Waals surface area contributed by atoms with Gasteiger partial charge in [-0.3, -0.25) is 0 Å². The monoisotopic (exact) mass is 288 g/mol. The molecule has 1 saturated carbocycles. The Kier molecular flexibility index (Phi) is 5.69. The second-order valence-electron chi connectivity index (χ2n) is 7.09. The summed E-state index contributed by atoms with van der Waals surface area (Å²) < 4.78 is 0. The number of hydrogen-bond donors (Lipinski definition) is 1. The summed E-state index contributed by atoms with van der Waals surface area (Å²) in [6.07, 6.45) is 6.04. The third kappa shape index (κ3) is 4.74. The van der Waals surface area contributed by atoms with Gasteiger partial charge < -0.3 is 10.6 Å². The van der Waals surface area contributed by atoms with Gasteiger partial charge in [0.05, 0.1) is 0 Å². The van der Waals surface area contributed by atoms with Crippen LogP contribution in [-0.2, 0) is 6.42 Å². The standard InChI is InChI=1S/C19H32N2/c1-5-17(20)13-16-6-7-19(12-15(16)4)21(18-8-9-18)11-10-14(2)3/h6-7,12,14,17-18H,5,8-11,13,20H2,1-4H3. The number of aryl methyl sites for hydroxylation is 1. The molecule has 118 valence electrons. The van der Waals surface area contributed by atoms with Crippen molar-refractivity contribution in [2.75, 3.05) is 11.4 Å². The van der Waals surface area contributed by atoms with Crippen molar-refractivity contribution in [3.05, 3.63) is 29.3 Å². The van der Waals surface area contributed by atoms with Gasteiger partial charge in [0.25, 0.3) is 0 Å². The van der Waals surface area contributed by atoms with Gasteiger partial charge in [0.1, 0.15) is 0 Å². The third-order valence-electron chi connectivity index (χ3n) is 4.60. The Bertz CT molecular complexity index is 449. The molecule has 1 aromatic rings. The molecule has 0 heterocycles. The van der Waals surface area contributed by atoms with Crippen LogP contribution in [0, 0.1) is 12.8 Å². The number of hydrogen-bond acceptors (Lipinski definition) is 2. The van der Waals surface area contributed by atoms with Crippen LogP contribution < -0.4 is 10.6 Å². The molecule has 0 amide bonds. The summed E-state index contributed by atoms with van der Waals surface area (Å²) >= 11 is 0. The highest BCUT2D eigenvalue weighted by Gasteiger charge is 2.29. The van der Waals surface area contributed by atoms with E-state index in [-0.39, 0.29) is 6.04 Å². The summed E-state index contributed by atoms with van der Waals surface area (Å²) in [5, 5.41) is 0. The molecule has 1 aliphatic carbocycles. The zero-order chi connectivity index (χ0) is 15.4. The Morgan fingerprint density at radius 2 is 2.00 bits per heavy atom. The SMILES string of the molecule is CCC(N)Cc1ccc(N(CCC(C)C)C2CC2)cc1C. The van der Waals surface area contributed by atoms with E-state index in [2.05, 4.69) is 50.8 Å². The van der Waals surface area contributed by atoms with Crippen LogP contribution in [0.25, 0.3) is 0 Å². The number of anilines is 1. The number of nitrogens with two attached hydrogens (primary N) is 1. The lowest BCUT2D eigenvalue weighted by Gasteiger charge is -2.26. The summed E-state index contributed by atoms with van der Waals surface area (Å²) in [6.45, 7) is 10.2. The first-order valence-electron chi connectivity index (χ1n) is 8.63. The van der Waals surface area contributed by atoms with Crippen molar-refractivity contribution < 1.29 is 0 Å². The van der Waals surface area contributed by atoms with Crippen molar-refractivity contribution in [3.8, 4) is 0 Å². The molecule has 2 nitrogen and oxygen atoms in total. The van der Waals surface area contributed by atoms with Gasteiger partial charge in [-0.2, -0.15) is 0 Å². The molecule has 21 heavy (non-hydrogen) atoms. The lowest BCUT2D eigenvalue weighted by Crippen LogP contribution is -2.28. The average molecular weight is 288 g/mol. The Morgan fingerprint density at radius 3 is 2.52 bits per heavy atom. The Morgan fingerprint density at radius 1 is 1.29 bits per heavy atom. The van der Waals surface area contributed by atoms with Gasteiger partial charge in [-0.25, -0.2) is 0 Å². The van der Waals surface area contributed by atoms with Crippen LogP contribution in [0.15, 0.2) is 18.2 Å². The van der Waals surface area contributed by atoms with Crippen LogP contribution in [0.4, 0.5) is 5.69 Å². The topological polar surface area (TPSA) is 29.3 Å². The summed E-state index contributed by atoms with van der Waals surface area (Å²) in [5.41, 5.74) is 10.3. The highest BCUT2D eigenvalue weighted by atomic mass is 15.2. The molecular weight excluding hydrogens is 256 g/mol. The highest BCUT2D eigenvalue weighted by molar-refractivity contribution is 5.52. The molecule has 2 rings (SSSR count). The lowest BCUT2D eigenvalue weighted by molar-refractivity contribution is 0.570. The van der Waals surface area contributed by atoms with Crippen LogP contribution >= 0.6 is 0 Å². The molecule has 0 saturated heterocycles.